The van der Waals surface area contributed by atoms with Crippen LogP contribution in [0.1, 0.15) is 24.8 Å². The number of benzene rings is 2. The van der Waals surface area contributed by atoms with Crippen LogP contribution < -0.4 is 15.0 Å². The van der Waals surface area contributed by atoms with Gasteiger partial charge in [-0.25, -0.2) is 23.7 Å². The number of halogens is 2. The quantitative estimate of drug-likeness (QED) is 0.257. The highest BCUT2D eigenvalue weighted by molar-refractivity contribution is 5.77. The molecule has 210 valence electrons. The summed E-state index contributed by atoms with van der Waals surface area (Å²) in [6.07, 6.45) is 3.22. The van der Waals surface area contributed by atoms with Gasteiger partial charge in [-0.1, -0.05) is 6.92 Å². The Bertz CT molecular complexity index is 1450. The molecule has 10 heteroatoms. The van der Waals surface area contributed by atoms with E-state index in [1.54, 1.807) is 31.5 Å². The van der Waals surface area contributed by atoms with Crippen LogP contribution >= 0.6 is 0 Å². The third-order valence-electron chi connectivity index (χ3n) is 6.90. The zero-order chi connectivity index (χ0) is 28.1. The summed E-state index contributed by atoms with van der Waals surface area (Å²) >= 11 is 0. The first-order valence-corrected chi connectivity index (χ1v) is 13.6. The topological polar surface area (TPSA) is 79.6 Å². The molecule has 1 aliphatic heterocycles. The smallest absolute Gasteiger partial charge is 0.227 e. The van der Waals surface area contributed by atoms with Gasteiger partial charge in [0.1, 0.15) is 29.6 Å². The van der Waals surface area contributed by atoms with Gasteiger partial charge in [-0.15, -0.1) is 0 Å². The van der Waals surface area contributed by atoms with Crippen LogP contribution in [0.4, 0.5) is 26.1 Å². The number of alkyl halides is 1. The Balaban J connectivity index is 1.38. The van der Waals surface area contributed by atoms with Crippen molar-refractivity contribution >= 4 is 17.3 Å². The van der Waals surface area contributed by atoms with E-state index in [4.69, 9.17) is 14.1 Å². The van der Waals surface area contributed by atoms with E-state index in [2.05, 4.69) is 27.1 Å². The van der Waals surface area contributed by atoms with Gasteiger partial charge in [-0.2, -0.15) is 0 Å². The largest absolute Gasteiger partial charge is 0.497 e. The lowest BCUT2D eigenvalue weighted by molar-refractivity contribution is 0.235. The molecular weight excluding hydrogens is 514 g/mol. The maximum absolute atomic E-state index is 15.1. The van der Waals surface area contributed by atoms with Crippen molar-refractivity contribution < 1.29 is 17.9 Å². The Morgan fingerprint density at radius 3 is 2.60 bits per heavy atom. The van der Waals surface area contributed by atoms with E-state index in [0.29, 0.717) is 79.5 Å². The molecule has 4 aromatic rings. The van der Waals surface area contributed by atoms with Crippen molar-refractivity contribution in [3.63, 3.8) is 0 Å². The molecule has 0 spiro atoms. The van der Waals surface area contributed by atoms with Gasteiger partial charge in [0.2, 0.25) is 5.95 Å². The Morgan fingerprint density at radius 2 is 1.88 bits per heavy atom. The fourth-order valence-corrected chi connectivity index (χ4v) is 4.90. The van der Waals surface area contributed by atoms with Gasteiger partial charge in [0.25, 0.3) is 0 Å². The van der Waals surface area contributed by atoms with Crippen LogP contribution in [0.15, 0.2) is 53.1 Å². The fourth-order valence-electron chi connectivity index (χ4n) is 4.90. The van der Waals surface area contributed by atoms with Crippen LogP contribution in [0, 0.1) is 12.7 Å². The summed E-state index contributed by atoms with van der Waals surface area (Å²) in [5, 5.41) is 3.11. The molecule has 40 heavy (non-hydrogen) atoms. The number of rotatable bonds is 10. The van der Waals surface area contributed by atoms with E-state index in [0.717, 1.165) is 23.3 Å². The first kappa shape index (κ1) is 27.5. The van der Waals surface area contributed by atoms with Crippen molar-refractivity contribution in [3.8, 4) is 28.5 Å². The second-order valence-corrected chi connectivity index (χ2v) is 9.85. The minimum Gasteiger partial charge on any atom is -0.497 e. The number of piperazine rings is 1. The van der Waals surface area contributed by atoms with E-state index < -0.39 is 0 Å². The summed E-state index contributed by atoms with van der Waals surface area (Å²) in [4.78, 5) is 17.8. The molecule has 0 unspecified atom stereocenters. The van der Waals surface area contributed by atoms with Crippen molar-refractivity contribution in [1.29, 1.82) is 0 Å². The molecule has 0 aliphatic carbocycles. The molecule has 1 N–H and O–H groups in total. The summed E-state index contributed by atoms with van der Waals surface area (Å²) in [6.45, 7) is 6.86. The van der Waals surface area contributed by atoms with Crippen LogP contribution in [0.3, 0.4) is 0 Å². The molecule has 1 saturated heterocycles. The summed E-state index contributed by atoms with van der Waals surface area (Å²) < 4.78 is 39.4. The van der Waals surface area contributed by atoms with Crippen LogP contribution in [0.25, 0.3) is 22.7 Å². The minimum atomic E-state index is -0.365. The molecule has 1 aliphatic rings. The molecule has 5 rings (SSSR count). The third kappa shape index (κ3) is 6.22. The van der Waals surface area contributed by atoms with E-state index in [1.165, 1.54) is 6.07 Å². The molecule has 0 bridgehead atoms. The number of ether oxygens (including phenoxy) is 1. The molecule has 0 amide bonds. The summed E-state index contributed by atoms with van der Waals surface area (Å²) in [7, 11) is 1.64. The average molecular weight is 549 g/mol. The second kappa shape index (κ2) is 12.4. The molecular formula is C30H34F2N6O2. The zero-order valence-corrected chi connectivity index (χ0v) is 23.1. The molecule has 0 saturated carbocycles. The van der Waals surface area contributed by atoms with Gasteiger partial charge in [-0.05, 0) is 61.4 Å². The predicted molar refractivity (Wildman–Crippen MR) is 153 cm³/mol. The average Bonchev–Trinajstić information content (AvgIpc) is 3.38. The van der Waals surface area contributed by atoms with E-state index in [1.807, 2.05) is 30.0 Å². The van der Waals surface area contributed by atoms with Gasteiger partial charge in [0.15, 0.2) is 11.7 Å². The van der Waals surface area contributed by atoms with Crippen molar-refractivity contribution in [3.05, 3.63) is 65.9 Å². The predicted octanol–water partition coefficient (Wildman–Crippen LogP) is 6.04. The van der Waals surface area contributed by atoms with E-state index >= 15 is 4.39 Å². The number of hydrogen-bond donors (Lipinski definition) is 1. The van der Waals surface area contributed by atoms with Crippen LogP contribution in [0.5, 0.6) is 5.75 Å². The number of oxazole rings is 1. The van der Waals surface area contributed by atoms with E-state index in [-0.39, 0.29) is 12.5 Å². The Hall–Kier alpha value is -4.05. The lowest BCUT2D eigenvalue weighted by Crippen LogP contribution is -2.47. The second-order valence-electron chi connectivity index (χ2n) is 9.85. The monoisotopic (exact) mass is 548 g/mol. The molecule has 0 atom stereocenters. The van der Waals surface area contributed by atoms with Crippen molar-refractivity contribution in [2.45, 2.75) is 26.7 Å². The fraction of sp³-hybridized carbons (Fsp3) is 0.367. The van der Waals surface area contributed by atoms with Crippen LogP contribution in [0.2, 0.25) is 0 Å². The van der Waals surface area contributed by atoms with Crippen molar-refractivity contribution in [2.75, 3.05) is 56.7 Å². The number of aromatic nitrogens is 3. The summed E-state index contributed by atoms with van der Waals surface area (Å²) in [6, 6.07) is 12.7. The normalized spacial score (nSPS) is 14.0. The zero-order valence-electron chi connectivity index (χ0n) is 23.1. The highest BCUT2D eigenvalue weighted by Gasteiger charge is 2.21. The van der Waals surface area contributed by atoms with Crippen molar-refractivity contribution in [2.24, 2.45) is 0 Å². The first-order valence-electron chi connectivity index (χ1n) is 13.6. The third-order valence-corrected chi connectivity index (χ3v) is 6.90. The molecule has 2 aromatic heterocycles. The molecule has 1 fully saturated rings. The lowest BCUT2D eigenvalue weighted by Gasteiger charge is -2.35. The van der Waals surface area contributed by atoms with Crippen LogP contribution in [-0.4, -0.2) is 66.4 Å². The number of nitrogens with one attached hydrogen (secondary N) is 1. The molecule has 0 radical (unpaired) electrons. The van der Waals surface area contributed by atoms with Gasteiger partial charge in [0.05, 0.1) is 12.8 Å². The maximum Gasteiger partial charge on any atom is 0.227 e. The van der Waals surface area contributed by atoms with Gasteiger partial charge in [-0.3, -0.25) is 4.90 Å². The Labute approximate surface area is 233 Å². The first-order chi connectivity index (χ1) is 19.5. The highest BCUT2D eigenvalue weighted by atomic mass is 19.1. The maximum atomic E-state index is 15.1. The number of hydrogen-bond acceptors (Lipinski definition) is 8. The standard InChI is InChI=1S/C30H34F2N6O2/c1-4-5-27-36-28(21-16-20(2)17-23(18-21)39-3)29(40-27)25-8-10-33-30(35-25)34-22-6-7-26(24(32)19-22)38-14-12-37(11-9-31)13-15-38/h6-8,10,16-19H,4-5,9,11-15H2,1-3H3,(H,33,34,35). The summed E-state index contributed by atoms with van der Waals surface area (Å²) in [5.74, 6) is 1.87. The minimum absolute atomic E-state index is 0.311. The number of nitrogens with zero attached hydrogens (tertiary/aromatic N) is 5. The summed E-state index contributed by atoms with van der Waals surface area (Å²) in [5.41, 5.74) is 4.21. The number of methoxy groups -OCH3 is 1. The van der Waals surface area contributed by atoms with E-state index in [9.17, 15) is 4.39 Å². The molecule has 2 aromatic carbocycles. The number of aryl methyl sites for hydroxylation is 2. The number of anilines is 3. The highest BCUT2D eigenvalue weighted by Crippen LogP contribution is 2.35. The lowest BCUT2D eigenvalue weighted by atomic mass is 10.1. The van der Waals surface area contributed by atoms with Crippen LogP contribution in [-0.2, 0) is 6.42 Å². The van der Waals surface area contributed by atoms with Crippen molar-refractivity contribution in [1.82, 2.24) is 19.9 Å². The molecule has 8 nitrogen and oxygen atoms in total. The van der Waals surface area contributed by atoms with Gasteiger partial charge < -0.3 is 19.4 Å². The Morgan fingerprint density at radius 1 is 1.05 bits per heavy atom. The molecule has 3 heterocycles. The van der Waals surface area contributed by atoms with Gasteiger partial charge >= 0.3 is 0 Å². The SMILES string of the molecule is CCCc1nc(-c2cc(C)cc(OC)c2)c(-c2ccnc(Nc3ccc(N4CCN(CCF)CC4)c(F)c3)n2)o1. The van der Waals surface area contributed by atoms with Gasteiger partial charge in [0, 0.05) is 56.6 Å². The Kier molecular flexibility index (Phi) is 8.54.